The highest BCUT2D eigenvalue weighted by Crippen LogP contribution is 2.22. The molecule has 0 aliphatic rings. The van der Waals surface area contributed by atoms with E-state index in [-0.39, 0.29) is 18.2 Å². The Bertz CT molecular complexity index is 768. The molecule has 146 valence electrons. The Morgan fingerprint density at radius 3 is 2.44 bits per heavy atom. The molecule has 27 heavy (non-hydrogen) atoms. The third-order valence-electron chi connectivity index (χ3n) is 3.40. The fraction of sp³-hybridized carbons (Fsp3) is 0.400. The maximum absolute atomic E-state index is 12.9. The number of carbonyl (C=O) groups excluding carboxylic acids is 2. The number of esters is 1. The lowest BCUT2D eigenvalue weighted by molar-refractivity contribution is -0.150. The first kappa shape index (κ1) is 23.1. The zero-order valence-corrected chi connectivity index (χ0v) is 17.8. The summed E-state index contributed by atoms with van der Waals surface area (Å²) in [6.07, 6.45) is 3.16. The van der Waals surface area contributed by atoms with Gasteiger partial charge in [-0.1, -0.05) is 55.4 Å². The number of rotatable bonds is 7. The molecule has 7 heteroatoms. The van der Waals surface area contributed by atoms with E-state index < -0.39 is 17.7 Å². The standard InChI is InChI=1S/C18H19ClN2O3S.C2H6/c1-11(2)24-17(23)13(10-12-6-4-5-7-14(12)19)16(22)15-8-9-20-18(21-15)25-3;1-2/h4-9,11,13H,10H2,1-3H3;1-2H3. The van der Waals surface area contributed by atoms with E-state index in [0.29, 0.717) is 15.7 Å². The number of ether oxygens (including phenoxy) is 1. The maximum Gasteiger partial charge on any atom is 0.317 e. The average Bonchev–Trinajstić information content (AvgIpc) is 2.68. The molecule has 0 bridgehead atoms. The summed E-state index contributed by atoms with van der Waals surface area (Å²) in [5, 5.41) is 0.977. The molecule has 0 radical (unpaired) electrons. The van der Waals surface area contributed by atoms with Crippen molar-refractivity contribution in [3.8, 4) is 0 Å². The van der Waals surface area contributed by atoms with E-state index in [1.165, 1.54) is 24.0 Å². The number of hydrogen-bond donors (Lipinski definition) is 0. The zero-order valence-electron chi connectivity index (χ0n) is 16.2. The van der Waals surface area contributed by atoms with Gasteiger partial charge in [-0.25, -0.2) is 9.97 Å². The summed E-state index contributed by atoms with van der Waals surface area (Å²) < 4.78 is 5.27. The minimum Gasteiger partial charge on any atom is -0.462 e. The van der Waals surface area contributed by atoms with Gasteiger partial charge in [0.05, 0.1) is 6.10 Å². The zero-order chi connectivity index (χ0) is 20.4. The quantitative estimate of drug-likeness (QED) is 0.214. The van der Waals surface area contributed by atoms with Crippen LogP contribution in [0.2, 0.25) is 5.02 Å². The van der Waals surface area contributed by atoms with Gasteiger partial charge in [0, 0.05) is 11.2 Å². The first-order valence-corrected chi connectivity index (χ1v) is 10.4. The van der Waals surface area contributed by atoms with Gasteiger partial charge < -0.3 is 4.74 Å². The molecule has 1 aromatic heterocycles. The minimum atomic E-state index is -1.01. The summed E-state index contributed by atoms with van der Waals surface area (Å²) in [4.78, 5) is 33.7. The van der Waals surface area contributed by atoms with Gasteiger partial charge in [0.25, 0.3) is 0 Å². The minimum absolute atomic E-state index is 0.155. The highest BCUT2D eigenvalue weighted by Gasteiger charge is 2.31. The maximum atomic E-state index is 12.9. The van der Waals surface area contributed by atoms with Crippen molar-refractivity contribution < 1.29 is 14.3 Å². The first-order chi connectivity index (χ1) is 12.9. The van der Waals surface area contributed by atoms with Gasteiger partial charge in [-0.2, -0.15) is 0 Å². The molecule has 0 saturated heterocycles. The third-order valence-corrected chi connectivity index (χ3v) is 4.33. The summed E-state index contributed by atoms with van der Waals surface area (Å²) in [7, 11) is 0. The van der Waals surface area contributed by atoms with Crippen LogP contribution in [-0.2, 0) is 16.0 Å². The second-order valence-corrected chi connectivity index (χ2v) is 6.81. The van der Waals surface area contributed by atoms with Crippen molar-refractivity contribution in [1.82, 2.24) is 9.97 Å². The number of aromatic nitrogens is 2. The normalized spacial score (nSPS) is 11.4. The van der Waals surface area contributed by atoms with Crippen LogP contribution in [0.5, 0.6) is 0 Å². The van der Waals surface area contributed by atoms with Crippen molar-refractivity contribution in [2.75, 3.05) is 6.26 Å². The van der Waals surface area contributed by atoms with Gasteiger partial charge in [-0.15, -0.1) is 0 Å². The predicted molar refractivity (Wildman–Crippen MR) is 109 cm³/mol. The largest absolute Gasteiger partial charge is 0.462 e. The fourth-order valence-electron chi connectivity index (χ4n) is 2.24. The Morgan fingerprint density at radius 1 is 1.19 bits per heavy atom. The van der Waals surface area contributed by atoms with Crippen LogP contribution in [0.15, 0.2) is 41.7 Å². The second kappa shape index (κ2) is 11.7. The summed E-state index contributed by atoms with van der Waals surface area (Å²) in [5.74, 6) is -1.99. The van der Waals surface area contributed by atoms with E-state index in [1.54, 1.807) is 32.0 Å². The summed E-state index contributed by atoms with van der Waals surface area (Å²) >= 11 is 7.51. The summed E-state index contributed by atoms with van der Waals surface area (Å²) in [6, 6.07) is 8.63. The number of ketones is 1. The fourth-order valence-corrected chi connectivity index (χ4v) is 2.81. The molecule has 0 aliphatic heterocycles. The molecule has 1 heterocycles. The average molecular weight is 409 g/mol. The predicted octanol–water partition coefficient (Wildman–Crippen LogP) is 4.87. The number of hydrogen-bond acceptors (Lipinski definition) is 6. The number of benzene rings is 1. The second-order valence-electron chi connectivity index (χ2n) is 5.63. The molecular formula is C20H25ClN2O3S. The lowest BCUT2D eigenvalue weighted by atomic mass is 9.93. The van der Waals surface area contributed by atoms with Gasteiger partial charge in [0.2, 0.25) is 0 Å². The molecule has 1 atom stereocenters. The smallest absolute Gasteiger partial charge is 0.317 e. The van der Waals surface area contributed by atoms with E-state index in [0.717, 1.165) is 0 Å². The highest BCUT2D eigenvalue weighted by molar-refractivity contribution is 7.98. The van der Waals surface area contributed by atoms with E-state index in [9.17, 15) is 9.59 Å². The van der Waals surface area contributed by atoms with E-state index in [1.807, 2.05) is 26.2 Å². The van der Waals surface area contributed by atoms with Crippen LogP contribution in [0.25, 0.3) is 0 Å². The lowest BCUT2D eigenvalue weighted by Crippen LogP contribution is -2.30. The van der Waals surface area contributed by atoms with Crippen molar-refractivity contribution >= 4 is 35.1 Å². The van der Waals surface area contributed by atoms with Crippen LogP contribution in [0, 0.1) is 5.92 Å². The van der Waals surface area contributed by atoms with Gasteiger partial charge in [0.15, 0.2) is 10.9 Å². The van der Waals surface area contributed by atoms with Crippen molar-refractivity contribution in [1.29, 1.82) is 0 Å². The van der Waals surface area contributed by atoms with Gasteiger partial charge in [-0.3, -0.25) is 9.59 Å². The number of carbonyl (C=O) groups is 2. The molecule has 1 unspecified atom stereocenters. The van der Waals surface area contributed by atoms with Crippen LogP contribution < -0.4 is 0 Å². The summed E-state index contributed by atoms with van der Waals surface area (Å²) in [5.41, 5.74) is 0.902. The van der Waals surface area contributed by atoms with Crippen LogP contribution in [0.3, 0.4) is 0 Å². The first-order valence-electron chi connectivity index (χ1n) is 8.77. The van der Waals surface area contributed by atoms with Crippen LogP contribution in [0.1, 0.15) is 43.7 Å². The van der Waals surface area contributed by atoms with Crippen molar-refractivity contribution in [2.45, 2.75) is 45.4 Å². The molecule has 0 aliphatic carbocycles. The molecule has 2 rings (SSSR count). The molecule has 0 fully saturated rings. The molecule has 2 aromatic rings. The van der Waals surface area contributed by atoms with Crippen LogP contribution in [-0.4, -0.2) is 34.1 Å². The Morgan fingerprint density at radius 2 is 1.85 bits per heavy atom. The van der Waals surface area contributed by atoms with E-state index >= 15 is 0 Å². The topological polar surface area (TPSA) is 69.2 Å². The summed E-state index contributed by atoms with van der Waals surface area (Å²) in [6.45, 7) is 7.48. The number of Topliss-reactive ketones (excluding diaryl/α,β-unsaturated/α-hetero) is 1. The molecule has 0 amide bonds. The van der Waals surface area contributed by atoms with Gasteiger partial charge in [-0.05, 0) is 44.2 Å². The number of halogens is 1. The molecule has 0 N–H and O–H groups in total. The molecule has 5 nitrogen and oxygen atoms in total. The highest BCUT2D eigenvalue weighted by atomic mass is 35.5. The van der Waals surface area contributed by atoms with Crippen LogP contribution >= 0.6 is 23.4 Å². The lowest BCUT2D eigenvalue weighted by Gasteiger charge is -2.17. The Labute approximate surface area is 169 Å². The third kappa shape index (κ3) is 6.96. The molecule has 0 saturated carbocycles. The molecule has 1 aromatic carbocycles. The van der Waals surface area contributed by atoms with Crippen LogP contribution in [0.4, 0.5) is 0 Å². The molecule has 0 spiro atoms. The number of thioether (sulfide) groups is 1. The van der Waals surface area contributed by atoms with E-state index in [4.69, 9.17) is 16.3 Å². The Balaban J connectivity index is 0.00000176. The van der Waals surface area contributed by atoms with Gasteiger partial charge >= 0.3 is 5.97 Å². The van der Waals surface area contributed by atoms with Crippen molar-refractivity contribution in [2.24, 2.45) is 5.92 Å². The molecular weight excluding hydrogens is 384 g/mol. The van der Waals surface area contributed by atoms with E-state index in [2.05, 4.69) is 9.97 Å². The Hall–Kier alpha value is -1.92. The van der Waals surface area contributed by atoms with Gasteiger partial charge in [0.1, 0.15) is 11.6 Å². The SMILES string of the molecule is CC.CSc1nccc(C(=O)C(Cc2ccccc2Cl)C(=O)OC(C)C)n1. The Kier molecular flexibility index (Phi) is 10.0. The van der Waals surface area contributed by atoms with Crippen molar-refractivity contribution in [3.63, 3.8) is 0 Å². The van der Waals surface area contributed by atoms with Crippen molar-refractivity contribution in [3.05, 3.63) is 52.8 Å². The monoisotopic (exact) mass is 408 g/mol. The number of nitrogens with zero attached hydrogens (tertiary/aromatic N) is 2.